The van der Waals surface area contributed by atoms with E-state index in [2.05, 4.69) is 256 Å². The smallest absolute Gasteiger partial charge is 0.252 e. The van der Waals surface area contributed by atoms with Crippen LogP contribution in [0.2, 0.25) is 0 Å². The van der Waals surface area contributed by atoms with Gasteiger partial charge in [0.25, 0.3) is 6.71 Å². The van der Waals surface area contributed by atoms with Crippen molar-refractivity contribution < 1.29 is 0 Å². The predicted molar refractivity (Wildman–Crippen MR) is 308 cm³/mol. The number of aryl methyl sites for hydroxylation is 2. The first-order valence-corrected chi connectivity index (χ1v) is 26.6. The van der Waals surface area contributed by atoms with Crippen LogP contribution >= 0.6 is 0 Å². The van der Waals surface area contributed by atoms with E-state index >= 15 is 0 Å². The Labute approximate surface area is 429 Å². The Balaban J connectivity index is 1.13. The standard InChI is InChI=1S/C68H68BN3/c1-42-33-61-63-62(34-42)72(58-39-55-52(35-43(58)2)66(7,8)41-67(55,9)10)60-40-54-53(64(3,4)31-32-65(54,5)6)38-57(60)69(63)56-30-28-47(70(44-21-15-13-16-22-44)45-23-17-14-18-24-45)37-59(56)71(61)46-27-29-49-48-25-19-20-26-50(48)68(11,12)51(49)36-46/h13-30,33-40H,31-32,41H2,1-12H3. The van der Waals surface area contributed by atoms with Crippen molar-refractivity contribution in [1.29, 1.82) is 0 Å². The average Bonchev–Trinajstić information content (AvgIpc) is 3.69. The molecule has 0 N–H and O–H groups in total. The maximum absolute atomic E-state index is 2.72. The van der Waals surface area contributed by atoms with E-state index in [1.807, 2.05) is 0 Å². The molecular weight excluding hydrogens is 870 g/mol. The zero-order chi connectivity index (χ0) is 50.0. The normalized spacial score (nSPS) is 18.3. The zero-order valence-electron chi connectivity index (χ0n) is 44.6. The van der Waals surface area contributed by atoms with Crippen molar-refractivity contribution in [1.82, 2.24) is 0 Å². The number of nitrogens with zero attached hydrogens (tertiary/aromatic N) is 3. The minimum absolute atomic E-state index is 0.00424. The monoisotopic (exact) mass is 938 g/mol. The minimum Gasteiger partial charge on any atom is -0.311 e. The quantitative estimate of drug-likeness (QED) is 0.159. The molecule has 3 aliphatic carbocycles. The molecule has 8 aromatic carbocycles. The zero-order valence-corrected chi connectivity index (χ0v) is 44.6. The molecule has 0 spiro atoms. The minimum atomic E-state index is -0.156. The van der Waals surface area contributed by atoms with Gasteiger partial charge in [0.1, 0.15) is 0 Å². The fraction of sp³-hybridized carbons (Fsp3) is 0.294. The molecule has 13 rings (SSSR count). The Kier molecular flexibility index (Phi) is 9.49. The summed E-state index contributed by atoms with van der Waals surface area (Å²) in [5.74, 6) is 0. The van der Waals surface area contributed by atoms with E-state index in [-0.39, 0.29) is 33.8 Å². The van der Waals surface area contributed by atoms with Gasteiger partial charge in [-0.05, 0) is 200 Å². The summed E-state index contributed by atoms with van der Waals surface area (Å²) in [5, 5.41) is 0. The highest BCUT2D eigenvalue weighted by atomic mass is 15.2. The Hall–Kier alpha value is -6.78. The van der Waals surface area contributed by atoms with Gasteiger partial charge in [-0.1, -0.05) is 154 Å². The highest BCUT2D eigenvalue weighted by Crippen LogP contribution is 2.56. The number of fused-ring (bicyclic) bond motifs is 9. The summed E-state index contributed by atoms with van der Waals surface area (Å²) < 4.78 is 0. The number of benzene rings is 8. The van der Waals surface area contributed by atoms with Gasteiger partial charge in [0.05, 0.1) is 0 Å². The SMILES string of the molecule is Cc1cc2c3c(c1)N(c1cc4c(cc1C)C(C)(C)CC4(C)C)c1cc4c(cc1B3c1ccc(N(c3ccccc3)c3ccccc3)cc1N2c1ccc2c(c1)C(C)(C)c1ccccc1-2)C(C)(C)CCC4(C)C. The van der Waals surface area contributed by atoms with Crippen molar-refractivity contribution >= 4 is 74.3 Å². The molecule has 0 atom stereocenters. The Morgan fingerprint density at radius 1 is 0.403 bits per heavy atom. The number of para-hydroxylation sites is 2. The molecule has 0 fully saturated rings. The van der Waals surface area contributed by atoms with Crippen molar-refractivity contribution in [2.75, 3.05) is 14.7 Å². The second-order valence-electron chi connectivity index (χ2n) is 25.3. The third-order valence-electron chi connectivity index (χ3n) is 18.2. The number of rotatable bonds is 5. The Morgan fingerprint density at radius 3 is 1.61 bits per heavy atom. The Morgan fingerprint density at radius 2 is 0.944 bits per heavy atom. The maximum Gasteiger partial charge on any atom is 0.252 e. The van der Waals surface area contributed by atoms with Crippen LogP contribution < -0.4 is 31.1 Å². The highest BCUT2D eigenvalue weighted by molar-refractivity contribution is 7.00. The first kappa shape index (κ1) is 45.1. The second kappa shape index (κ2) is 15.1. The molecule has 0 radical (unpaired) electrons. The summed E-state index contributed by atoms with van der Waals surface area (Å²) in [6, 6.07) is 61.0. The van der Waals surface area contributed by atoms with Crippen LogP contribution in [0.3, 0.4) is 0 Å². The van der Waals surface area contributed by atoms with Crippen molar-refractivity contribution in [2.45, 2.75) is 129 Å². The van der Waals surface area contributed by atoms with Crippen LogP contribution in [0.25, 0.3) is 11.1 Å². The second-order valence-corrected chi connectivity index (χ2v) is 25.3. The summed E-state index contributed by atoms with van der Waals surface area (Å²) in [6.07, 6.45) is 3.46. The highest BCUT2D eigenvalue weighted by Gasteiger charge is 2.49. The molecule has 358 valence electrons. The summed E-state index contributed by atoms with van der Waals surface area (Å²) in [4.78, 5) is 7.79. The molecule has 2 aliphatic heterocycles. The molecule has 0 amide bonds. The van der Waals surface area contributed by atoms with Crippen molar-refractivity contribution in [2.24, 2.45) is 0 Å². The molecule has 0 saturated carbocycles. The van der Waals surface area contributed by atoms with E-state index in [0.29, 0.717) is 0 Å². The van der Waals surface area contributed by atoms with Gasteiger partial charge in [0.2, 0.25) is 0 Å². The lowest BCUT2D eigenvalue weighted by atomic mass is 9.33. The van der Waals surface area contributed by atoms with Crippen LogP contribution in [-0.4, -0.2) is 6.71 Å². The van der Waals surface area contributed by atoms with Gasteiger partial charge in [0.15, 0.2) is 0 Å². The molecule has 5 aliphatic rings. The summed E-state index contributed by atoms with van der Waals surface area (Å²) in [6.45, 7) is 29.3. The van der Waals surface area contributed by atoms with E-state index in [1.165, 1.54) is 113 Å². The van der Waals surface area contributed by atoms with Crippen LogP contribution in [0.1, 0.15) is 133 Å². The third-order valence-corrected chi connectivity index (χ3v) is 18.2. The molecule has 0 unspecified atom stereocenters. The largest absolute Gasteiger partial charge is 0.311 e. The van der Waals surface area contributed by atoms with Crippen LogP contribution in [0, 0.1) is 13.8 Å². The van der Waals surface area contributed by atoms with E-state index < -0.39 is 0 Å². The number of hydrogen-bond acceptors (Lipinski definition) is 3. The van der Waals surface area contributed by atoms with E-state index in [0.717, 1.165) is 29.9 Å². The van der Waals surface area contributed by atoms with E-state index in [1.54, 1.807) is 0 Å². The van der Waals surface area contributed by atoms with Gasteiger partial charge >= 0.3 is 0 Å². The lowest BCUT2D eigenvalue weighted by Crippen LogP contribution is -2.62. The van der Waals surface area contributed by atoms with Crippen LogP contribution in [0.15, 0.2) is 158 Å². The van der Waals surface area contributed by atoms with Crippen LogP contribution in [0.4, 0.5) is 51.2 Å². The van der Waals surface area contributed by atoms with E-state index in [9.17, 15) is 0 Å². The van der Waals surface area contributed by atoms with Gasteiger partial charge in [-0.25, -0.2) is 0 Å². The molecule has 3 nitrogen and oxygen atoms in total. The molecule has 2 heterocycles. The topological polar surface area (TPSA) is 9.72 Å². The maximum atomic E-state index is 2.72. The van der Waals surface area contributed by atoms with Gasteiger partial charge in [-0.2, -0.15) is 0 Å². The first-order valence-electron chi connectivity index (χ1n) is 26.6. The van der Waals surface area contributed by atoms with Crippen molar-refractivity contribution in [3.05, 3.63) is 202 Å². The summed E-state index contributed by atoms with van der Waals surface area (Å²) >= 11 is 0. The predicted octanol–water partition coefficient (Wildman–Crippen LogP) is 16.5. The lowest BCUT2D eigenvalue weighted by Gasteiger charge is -2.48. The fourth-order valence-electron chi connectivity index (χ4n) is 14.6. The van der Waals surface area contributed by atoms with Crippen LogP contribution in [0.5, 0.6) is 0 Å². The molecule has 8 aromatic rings. The number of hydrogen-bond donors (Lipinski definition) is 0. The van der Waals surface area contributed by atoms with E-state index in [4.69, 9.17) is 0 Å². The first-order chi connectivity index (χ1) is 34.2. The average molecular weight is 938 g/mol. The molecule has 0 aromatic heterocycles. The number of anilines is 9. The van der Waals surface area contributed by atoms with Gasteiger partial charge in [-0.15, -0.1) is 0 Å². The van der Waals surface area contributed by atoms with Gasteiger partial charge < -0.3 is 14.7 Å². The molecular formula is C68H68BN3. The molecule has 72 heavy (non-hydrogen) atoms. The molecule has 0 bridgehead atoms. The van der Waals surface area contributed by atoms with Gasteiger partial charge in [0, 0.05) is 56.6 Å². The summed E-state index contributed by atoms with van der Waals surface area (Å²) in [7, 11) is 0. The lowest BCUT2D eigenvalue weighted by molar-refractivity contribution is 0.332. The Bertz CT molecular complexity index is 3540. The summed E-state index contributed by atoms with van der Waals surface area (Å²) in [5.41, 5.74) is 29.2. The third kappa shape index (κ3) is 6.42. The molecule has 4 heteroatoms. The van der Waals surface area contributed by atoms with Gasteiger partial charge in [-0.3, -0.25) is 0 Å². The van der Waals surface area contributed by atoms with Crippen molar-refractivity contribution in [3.8, 4) is 11.1 Å². The van der Waals surface area contributed by atoms with Crippen molar-refractivity contribution in [3.63, 3.8) is 0 Å². The fourth-order valence-corrected chi connectivity index (χ4v) is 14.6. The molecule has 0 saturated heterocycles. The van der Waals surface area contributed by atoms with Crippen LogP contribution in [-0.2, 0) is 27.1 Å².